The first-order chi connectivity index (χ1) is 9.19. The van der Waals surface area contributed by atoms with E-state index >= 15 is 0 Å². The van der Waals surface area contributed by atoms with Crippen molar-refractivity contribution in [3.63, 3.8) is 0 Å². The van der Waals surface area contributed by atoms with Gasteiger partial charge in [0.15, 0.2) is 0 Å². The van der Waals surface area contributed by atoms with E-state index in [1.54, 1.807) is 0 Å². The summed E-state index contributed by atoms with van der Waals surface area (Å²) >= 11 is 3.41. The normalized spacial score (nSPS) is 13.2. The van der Waals surface area contributed by atoms with Crippen molar-refractivity contribution < 1.29 is 13.2 Å². The molecule has 0 aliphatic rings. The third-order valence-corrected chi connectivity index (χ3v) is 3.43. The fourth-order valence-corrected chi connectivity index (χ4v) is 2.32. The van der Waals surface area contributed by atoms with Gasteiger partial charge in [0.2, 0.25) is 0 Å². The average molecular weight is 353 g/mol. The molecular formula is C14H20BrF3N2. The summed E-state index contributed by atoms with van der Waals surface area (Å²) in [5, 5.41) is 3.28. The van der Waals surface area contributed by atoms with Gasteiger partial charge in [-0.3, -0.25) is 0 Å². The molecular weight excluding hydrogens is 333 g/mol. The fourth-order valence-electron chi connectivity index (χ4n) is 1.96. The second-order valence-electron chi connectivity index (χ2n) is 5.11. The molecule has 6 heteroatoms. The molecule has 20 heavy (non-hydrogen) atoms. The van der Waals surface area contributed by atoms with E-state index in [1.807, 2.05) is 44.1 Å². The molecule has 0 bridgehead atoms. The average Bonchev–Trinajstić information content (AvgIpc) is 2.26. The largest absolute Gasteiger partial charge is 0.389 e. The van der Waals surface area contributed by atoms with Gasteiger partial charge in [-0.05, 0) is 38.0 Å². The van der Waals surface area contributed by atoms with E-state index in [-0.39, 0.29) is 12.5 Å². The van der Waals surface area contributed by atoms with E-state index in [2.05, 4.69) is 21.2 Å². The Morgan fingerprint density at radius 2 is 1.95 bits per heavy atom. The van der Waals surface area contributed by atoms with Gasteiger partial charge in [0, 0.05) is 31.0 Å². The second kappa shape index (κ2) is 7.20. The van der Waals surface area contributed by atoms with E-state index in [0.717, 1.165) is 15.8 Å². The van der Waals surface area contributed by atoms with Crippen molar-refractivity contribution in [2.75, 3.05) is 24.3 Å². The summed E-state index contributed by atoms with van der Waals surface area (Å²) in [6.07, 6.45) is -4.16. The van der Waals surface area contributed by atoms with Gasteiger partial charge >= 0.3 is 6.18 Å². The summed E-state index contributed by atoms with van der Waals surface area (Å²) in [6.45, 7) is 1.90. The van der Waals surface area contributed by atoms with Crippen LogP contribution in [0.5, 0.6) is 0 Å². The van der Waals surface area contributed by atoms with Gasteiger partial charge in [-0.25, -0.2) is 0 Å². The molecule has 0 aliphatic carbocycles. The lowest BCUT2D eigenvalue weighted by atomic mass is 10.1. The molecule has 0 spiro atoms. The standard InChI is InChI=1S/C14H20BrF3N2/c1-10(5-4-8-14(16,17)18)19-12-9-11(15)6-7-13(12)20(2)3/h6-7,9-10,19H,4-5,8H2,1-3H3. The summed E-state index contributed by atoms with van der Waals surface area (Å²) in [5.41, 5.74) is 1.93. The van der Waals surface area contributed by atoms with Gasteiger partial charge in [0.05, 0.1) is 11.4 Å². The van der Waals surface area contributed by atoms with Crippen molar-refractivity contribution in [1.29, 1.82) is 0 Å². The highest BCUT2D eigenvalue weighted by Crippen LogP contribution is 2.29. The Labute approximate surface area is 126 Å². The summed E-state index contributed by atoms with van der Waals surface area (Å²) in [7, 11) is 3.87. The smallest absolute Gasteiger partial charge is 0.381 e. The van der Waals surface area contributed by atoms with Crippen LogP contribution < -0.4 is 10.2 Å². The monoisotopic (exact) mass is 352 g/mol. The number of benzene rings is 1. The minimum atomic E-state index is -4.07. The van der Waals surface area contributed by atoms with Crippen LogP contribution in [0.4, 0.5) is 24.5 Å². The molecule has 0 radical (unpaired) electrons. The Morgan fingerprint density at radius 3 is 2.50 bits per heavy atom. The minimum absolute atomic E-state index is 0.00894. The van der Waals surface area contributed by atoms with Crippen molar-refractivity contribution in [1.82, 2.24) is 0 Å². The minimum Gasteiger partial charge on any atom is -0.381 e. The number of halogens is 4. The van der Waals surface area contributed by atoms with Crippen molar-refractivity contribution in [3.05, 3.63) is 22.7 Å². The molecule has 1 rings (SSSR count). The second-order valence-corrected chi connectivity index (χ2v) is 6.02. The highest BCUT2D eigenvalue weighted by Gasteiger charge is 2.26. The van der Waals surface area contributed by atoms with E-state index in [4.69, 9.17) is 0 Å². The molecule has 0 amide bonds. The van der Waals surface area contributed by atoms with Crippen LogP contribution in [0.3, 0.4) is 0 Å². The Hall–Kier alpha value is -0.910. The summed E-state index contributed by atoms with van der Waals surface area (Å²) in [5.74, 6) is 0. The Balaban J connectivity index is 2.61. The molecule has 1 aromatic carbocycles. The fraction of sp³-hybridized carbons (Fsp3) is 0.571. The molecule has 0 heterocycles. The zero-order valence-electron chi connectivity index (χ0n) is 11.9. The Kier molecular flexibility index (Phi) is 6.17. The van der Waals surface area contributed by atoms with Crippen LogP contribution >= 0.6 is 15.9 Å². The maximum absolute atomic E-state index is 12.1. The van der Waals surface area contributed by atoms with Crippen molar-refractivity contribution in [3.8, 4) is 0 Å². The lowest BCUT2D eigenvalue weighted by molar-refractivity contribution is -0.135. The van der Waals surface area contributed by atoms with E-state index in [1.165, 1.54) is 0 Å². The highest BCUT2D eigenvalue weighted by molar-refractivity contribution is 9.10. The van der Waals surface area contributed by atoms with Crippen LogP contribution in [-0.4, -0.2) is 26.3 Å². The number of rotatable bonds is 6. The molecule has 0 saturated heterocycles. The molecule has 0 saturated carbocycles. The SMILES string of the molecule is CC(CCCC(F)(F)F)Nc1cc(Br)ccc1N(C)C. The predicted molar refractivity (Wildman–Crippen MR) is 81.5 cm³/mol. The number of nitrogens with zero attached hydrogens (tertiary/aromatic N) is 1. The number of hydrogen-bond acceptors (Lipinski definition) is 2. The molecule has 0 aromatic heterocycles. The molecule has 1 N–H and O–H groups in total. The lowest BCUT2D eigenvalue weighted by Gasteiger charge is -2.22. The molecule has 1 unspecified atom stereocenters. The van der Waals surface area contributed by atoms with Crippen LogP contribution in [0.2, 0.25) is 0 Å². The van der Waals surface area contributed by atoms with Gasteiger partial charge in [-0.15, -0.1) is 0 Å². The van der Waals surface area contributed by atoms with Gasteiger partial charge in [0.25, 0.3) is 0 Å². The molecule has 114 valence electrons. The predicted octanol–water partition coefficient (Wildman–Crippen LogP) is 5.05. The zero-order chi connectivity index (χ0) is 15.3. The third kappa shape index (κ3) is 6.03. The first kappa shape index (κ1) is 17.1. The van der Waals surface area contributed by atoms with Gasteiger partial charge < -0.3 is 10.2 Å². The van der Waals surface area contributed by atoms with Crippen LogP contribution in [0, 0.1) is 0 Å². The molecule has 0 aliphatic heterocycles. The summed E-state index contributed by atoms with van der Waals surface area (Å²) in [6, 6.07) is 5.84. The molecule has 2 nitrogen and oxygen atoms in total. The maximum atomic E-state index is 12.1. The first-order valence-corrected chi connectivity index (χ1v) is 7.28. The van der Waals surface area contributed by atoms with Crippen LogP contribution in [0.25, 0.3) is 0 Å². The number of alkyl halides is 3. The topological polar surface area (TPSA) is 15.3 Å². The summed E-state index contributed by atoms with van der Waals surface area (Å²) < 4.78 is 37.3. The summed E-state index contributed by atoms with van der Waals surface area (Å²) in [4.78, 5) is 1.97. The van der Waals surface area contributed by atoms with E-state index in [0.29, 0.717) is 6.42 Å². The van der Waals surface area contributed by atoms with E-state index < -0.39 is 12.6 Å². The molecule has 0 fully saturated rings. The quantitative estimate of drug-likeness (QED) is 0.770. The van der Waals surface area contributed by atoms with Crippen molar-refractivity contribution in [2.45, 2.75) is 38.4 Å². The lowest BCUT2D eigenvalue weighted by Crippen LogP contribution is -2.19. The zero-order valence-corrected chi connectivity index (χ0v) is 13.5. The first-order valence-electron chi connectivity index (χ1n) is 6.49. The van der Waals surface area contributed by atoms with Crippen molar-refractivity contribution >= 4 is 27.3 Å². The number of nitrogens with one attached hydrogen (secondary N) is 1. The number of anilines is 2. The number of hydrogen-bond donors (Lipinski definition) is 1. The highest BCUT2D eigenvalue weighted by atomic mass is 79.9. The maximum Gasteiger partial charge on any atom is 0.389 e. The van der Waals surface area contributed by atoms with Gasteiger partial charge in [-0.2, -0.15) is 13.2 Å². The van der Waals surface area contributed by atoms with Crippen molar-refractivity contribution in [2.24, 2.45) is 0 Å². The Bertz CT molecular complexity index is 433. The van der Waals surface area contributed by atoms with Crippen LogP contribution in [0.1, 0.15) is 26.2 Å². The molecule has 1 atom stereocenters. The van der Waals surface area contributed by atoms with Crippen LogP contribution in [0.15, 0.2) is 22.7 Å². The van der Waals surface area contributed by atoms with Gasteiger partial charge in [-0.1, -0.05) is 15.9 Å². The third-order valence-electron chi connectivity index (χ3n) is 2.94. The Morgan fingerprint density at radius 1 is 1.30 bits per heavy atom. The van der Waals surface area contributed by atoms with E-state index in [9.17, 15) is 13.2 Å². The molecule has 1 aromatic rings. The van der Waals surface area contributed by atoms with Gasteiger partial charge in [0.1, 0.15) is 0 Å². The van der Waals surface area contributed by atoms with Crippen LogP contribution in [-0.2, 0) is 0 Å².